The van der Waals surface area contributed by atoms with Gasteiger partial charge in [0.2, 0.25) is 5.89 Å². The summed E-state index contributed by atoms with van der Waals surface area (Å²) >= 11 is 0. The van der Waals surface area contributed by atoms with E-state index in [-0.39, 0.29) is 29.5 Å². The molecule has 8 nitrogen and oxygen atoms in total. The topological polar surface area (TPSA) is 85.1 Å². The van der Waals surface area contributed by atoms with Crippen molar-refractivity contribution in [1.29, 1.82) is 0 Å². The zero-order chi connectivity index (χ0) is 25.4. The SMILES string of the molecule is CCOC(=O)C1CCCN(C(=O)c2coc(CN(Cc3ccc(OCC)cc3)C(C)C(C)C)n2)C1. The Labute approximate surface area is 208 Å². The van der Waals surface area contributed by atoms with Crippen LogP contribution in [0, 0.1) is 11.8 Å². The fourth-order valence-electron chi connectivity index (χ4n) is 4.29. The first-order valence-corrected chi connectivity index (χ1v) is 12.7. The van der Waals surface area contributed by atoms with Gasteiger partial charge in [0.15, 0.2) is 5.69 Å². The second-order valence-electron chi connectivity index (χ2n) is 9.44. The first-order valence-electron chi connectivity index (χ1n) is 12.7. The highest BCUT2D eigenvalue weighted by Gasteiger charge is 2.31. The lowest BCUT2D eigenvalue weighted by Gasteiger charge is -2.31. The number of ether oxygens (including phenoxy) is 2. The third-order valence-corrected chi connectivity index (χ3v) is 6.60. The van der Waals surface area contributed by atoms with Crippen molar-refractivity contribution in [1.82, 2.24) is 14.8 Å². The van der Waals surface area contributed by atoms with Gasteiger partial charge in [-0.2, -0.15) is 0 Å². The van der Waals surface area contributed by atoms with Gasteiger partial charge < -0.3 is 18.8 Å². The Kier molecular flexibility index (Phi) is 9.72. The smallest absolute Gasteiger partial charge is 0.310 e. The molecule has 2 atom stereocenters. The summed E-state index contributed by atoms with van der Waals surface area (Å²) in [5, 5.41) is 0. The first kappa shape index (κ1) is 26.7. The molecule has 2 aromatic rings. The van der Waals surface area contributed by atoms with Crippen molar-refractivity contribution in [3.63, 3.8) is 0 Å². The molecule has 1 amide bonds. The maximum absolute atomic E-state index is 13.1. The van der Waals surface area contributed by atoms with E-state index in [1.165, 1.54) is 11.8 Å². The molecule has 0 spiro atoms. The highest BCUT2D eigenvalue weighted by molar-refractivity contribution is 5.92. The zero-order valence-electron chi connectivity index (χ0n) is 21.7. The highest BCUT2D eigenvalue weighted by Crippen LogP contribution is 2.22. The number of likely N-dealkylation sites (tertiary alicyclic amines) is 1. The van der Waals surface area contributed by atoms with Crippen LogP contribution in [0.2, 0.25) is 0 Å². The summed E-state index contributed by atoms with van der Waals surface area (Å²) < 4.78 is 16.4. The molecule has 0 N–H and O–H groups in total. The van der Waals surface area contributed by atoms with Crippen molar-refractivity contribution in [3.05, 3.63) is 47.7 Å². The zero-order valence-corrected chi connectivity index (χ0v) is 21.7. The summed E-state index contributed by atoms with van der Waals surface area (Å²) in [6, 6.07) is 8.40. The molecular formula is C27H39N3O5. The van der Waals surface area contributed by atoms with Crippen LogP contribution in [0.1, 0.15) is 69.4 Å². The largest absolute Gasteiger partial charge is 0.494 e. The molecule has 0 radical (unpaired) electrons. The van der Waals surface area contributed by atoms with Crippen molar-refractivity contribution < 1.29 is 23.5 Å². The monoisotopic (exact) mass is 485 g/mol. The number of aromatic nitrogens is 1. The fraction of sp³-hybridized carbons (Fsp3) is 0.593. The van der Waals surface area contributed by atoms with Gasteiger partial charge in [-0.1, -0.05) is 26.0 Å². The van der Waals surface area contributed by atoms with Crippen LogP contribution >= 0.6 is 0 Å². The number of oxazole rings is 1. The molecule has 1 aliphatic heterocycles. The van der Waals surface area contributed by atoms with Gasteiger partial charge >= 0.3 is 5.97 Å². The summed E-state index contributed by atoms with van der Waals surface area (Å²) in [5.74, 6) is 1.07. The number of amides is 1. The highest BCUT2D eigenvalue weighted by atomic mass is 16.5. The fourth-order valence-corrected chi connectivity index (χ4v) is 4.29. The average Bonchev–Trinajstić information content (AvgIpc) is 3.32. The lowest BCUT2D eigenvalue weighted by atomic mass is 9.98. The van der Waals surface area contributed by atoms with E-state index in [1.54, 1.807) is 11.8 Å². The number of carbonyl (C=O) groups excluding carboxylic acids is 2. The maximum Gasteiger partial charge on any atom is 0.310 e. The summed E-state index contributed by atoms with van der Waals surface area (Å²) in [4.78, 5) is 33.7. The number of rotatable bonds is 11. The molecule has 1 fully saturated rings. The molecule has 1 aromatic heterocycles. The van der Waals surface area contributed by atoms with Crippen molar-refractivity contribution in [2.45, 2.75) is 66.6 Å². The van der Waals surface area contributed by atoms with E-state index in [1.807, 2.05) is 19.1 Å². The van der Waals surface area contributed by atoms with Gasteiger partial charge in [-0.05, 0) is 57.2 Å². The Morgan fingerprint density at radius 3 is 2.54 bits per heavy atom. The van der Waals surface area contributed by atoms with Gasteiger partial charge in [0, 0.05) is 25.7 Å². The normalized spacial score (nSPS) is 17.0. The van der Waals surface area contributed by atoms with Gasteiger partial charge in [-0.3, -0.25) is 14.5 Å². The van der Waals surface area contributed by atoms with Crippen LogP contribution in [-0.4, -0.2) is 59.0 Å². The molecule has 2 heterocycles. The minimum Gasteiger partial charge on any atom is -0.494 e. The molecule has 0 bridgehead atoms. The molecule has 3 rings (SSSR count). The van der Waals surface area contributed by atoms with Crippen LogP contribution in [-0.2, 0) is 22.6 Å². The Morgan fingerprint density at radius 2 is 1.89 bits per heavy atom. The molecule has 2 unspecified atom stereocenters. The van der Waals surface area contributed by atoms with Gasteiger partial charge in [0.05, 0.1) is 25.7 Å². The third kappa shape index (κ3) is 7.31. The predicted octanol–water partition coefficient (Wildman–Crippen LogP) is 4.54. The number of hydrogen-bond donors (Lipinski definition) is 0. The van der Waals surface area contributed by atoms with E-state index in [9.17, 15) is 9.59 Å². The maximum atomic E-state index is 13.1. The van der Waals surface area contributed by atoms with Crippen LogP contribution in [0.15, 0.2) is 34.9 Å². The van der Waals surface area contributed by atoms with E-state index >= 15 is 0 Å². The Hall–Kier alpha value is -2.87. The van der Waals surface area contributed by atoms with Crippen LogP contribution in [0.5, 0.6) is 5.75 Å². The minimum atomic E-state index is -0.282. The Bertz CT molecular complexity index is 956. The van der Waals surface area contributed by atoms with E-state index in [4.69, 9.17) is 13.9 Å². The molecule has 35 heavy (non-hydrogen) atoms. The van der Waals surface area contributed by atoms with Crippen molar-refractivity contribution in [2.75, 3.05) is 26.3 Å². The second-order valence-corrected chi connectivity index (χ2v) is 9.44. The number of carbonyl (C=O) groups is 2. The number of piperidine rings is 1. The Morgan fingerprint density at radius 1 is 1.14 bits per heavy atom. The van der Waals surface area contributed by atoms with Crippen LogP contribution < -0.4 is 4.74 Å². The summed E-state index contributed by atoms with van der Waals surface area (Å²) in [5.41, 5.74) is 1.45. The first-order chi connectivity index (χ1) is 16.8. The molecule has 1 aromatic carbocycles. The standard InChI is InChI=1S/C27H39N3O5/c1-6-33-23-12-10-21(11-13-23)15-30(20(5)19(3)4)17-25-28-24(18-35-25)26(31)29-14-8-9-22(16-29)27(32)34-7-2/h10-13,18-20,22H,6-9,14-17H2,1-5H3. The van der Waals surface area contributed by atoms with Crippen LogP contribution in [0.4, 0.5) is 0 Å². The number of benzene rings is 1. The van der Waals surface area contributed by atoms with Gasteiger partial charge in [0.1, 0.15) is 12.0 Å². The van der Waals surface area contributed by atoms with E-state index in [0.29, 0.717) is 44.7 Å². The summed E-state index contributed by atoms with van der Waals surface area (Å²) in [6.45, 7) is 13.5. The van der Waals surface area contributed by atoms with E-state index in [2.05, 4.69) is 42.8 Å². The van der Waals surface area contributed by atoms with Gasteiger partial charge in [-0.15, -0.1) is 0 Å². The third-order valence-electron chi connectivity index (χ3n) is 6.60. The molecule has 0 saturated carbocycles. The molecule has 1 aliphatic rings. The van der Waals surface area contributed by atoms with Crippen molar-refractivity contribution in [3.8, 4) is 5.75 Å². The predicted molar refractivity (Wildman–Crippen MR) is 133 cm³/mol. The summed E-state index contributed by atoms with van der Waals surface area (Å²) in [7, 11) is 0. The molecule has 8 heteroatoms. The summed E-state index contributed by atoms with van der Waals surface area (Å²) in [6.07, 6.45) is 2.93. The molecule has 192 valence electrons. The number of nitrogens with zero attached hydrogens (tertiary/aromatic N) is 3. The minimum absolute atomic E-state index is 0.205. The molecule has 1 saturated heterocycles. The average molecular weight is 486 g/mol. The van der Waals surface area contributed by atoms with Crippen molar-refractivity contribution >= 4 is 11.9 Å². The van der Waals surface area contributed by atoms with E-state index in [0.717, 1.165) is 25.1 Å². The van der Waals surface area contributed by atoms with Crippen LogP contribution in [0.3, 0.4) is 0 Å². The number of hydrogen-bond acceptors (Lipinski definition) is 7. The quantitative estimate of drug-likeness (QED) is 0.432. The van der Waals surface area contributed by atoms with Gasteiger partial charge in [0.25, 0.3) is 5.91 Å². The van der Waals surface area contributed by atoms with E-state index < -0.39 is 0 Å². The number of esters is 1. The lowest BCUT2D eigenvalue weighted by Crippen LogP contribution is -2.43. The Balaban J connectivity index is 1.67. The second kappa shape index (κ2) is 12.7. The lowest BCUT2D eigenvalue weighted by molar-refractivity contribution is -0.149. The van der Waals surface area contributed by atoms with Gasteiger partial charge in [-0.25, -0.2) is 4.98 Å². The molecule has 0 aliphatic carbocycles. The molecular weight excluding hydrogens is 446 g/mol. The van der Waals surface area contributed by atoms with Crippen LogP contribution in [0.25, 0.3) is 0 Å². The van der Waals surface area contributed by atoms with Crippen molar-refractivity contribution in [2.24, 2.45) is 11.8 Å².